The number of hydrogen-bond donors (Lipinski definition) is 1. The molecule has 102 valence electrons. The molecule has 0 aliphatic rings. The maximum Gasteiger partial charge on any atom is 0.125 e. The molecule has 0 aliphatic carbocycles. The van der Waals surface area contributed by atoms with Gasteiger partial charge in [0.1, 0.15) is 5.82 Å². The quantitative estimate of drug-likeness (QED) is 0.892. The van der Waals surface area contributed by atoms with E-state index in [0.29, 0.717) is 0 Å². The molecule has 4 heteroatoms. The fourth-order valence-corrected chi connectivity index (χ4v) is 1.96. The minimum atomic E-state index is -0.744. The van der Waals surface area contributed by atoms with Crippen molar-refractivity contribution in [2.75, 3.05) is 18.1 Å². The van der Waals surface area contributed by atoms with Crippen molar-refractivity contribution in [2.24, 2.45) is 0 Å². The Hall–Kier alpha value is -0.900. The van der Waals surface area contributed by atoms with E-state index in [4.69, 9.17) is 0 Å². The summed E-state index contributed by atoms with van der Waals surface area (Å²) in [7, 11) is -0.744. The highest BCUT2D eigenvalue weighted by Gasteiger charge is 2.13. The average molecular weight is 268 g/mol. The lowest BCUT2D eigenvalue weighted by Gasteiger charge is -2.18. The van der Waals surface area contributed by atoms with Gasteiger partial charge in [0.2, 0.25) is 0 Å². The van der Waals surface area contributed by atoms with E-state index >= 15 is 0 Å². The predicted molar refractivity (Wildman–Crippen MR) is 79.6 cm³/mol. The summed E-state index contributed by atoms with van der Waals surface area (Å²) in [5.41, 5.74) is 1.37. The zero-order valence-electron chi connectivity index (χ0n) is 12.0. The molecule has 0 bridgehead atoms. The first-order valence-electron chi connectivity index (χ1n) is 6.33. The molecular formula is C14H24N2OS. The Bertz CT molecular complexity index is 395. The number of aromatic nitrogens is 1. The van der Waals surface area contributed by atoms with E-state index in [-0.39, 0.29) is 10.7 Å². The van der Waals surface area contributed by atoms with Crippen molar-refractivity contribution in [3.05, 3.63) is 23.9 Å². The Morgan fingerprint density at radius 2 is 2.06 bits per heavy atom. The largest absolute Gasteiger partial charge is 0.370 e. The molecule has 1 N–H and O–H groups in total. The third-order valence-corrected chi connectivity index (χ3v) is 4.42. The molecule has 0 saturated carbocycles. The van der Waals surface area contributed by atoms with Crippen LogP contribution >= 0.6 is 0 Å². The number of pyridine rings is 1. The smallest absolute Gasteiger partial charge is 0.125 e. The van der Waals surface area contributed by atoms with E-state index < -0.39 is 10.8 Å². The first kappa shape index (κ1) is 15.2. The second kappa shape index (κ2) is 6.32. The van der Waals surface area contributed by atoms with E-state index in [1.165, 1.54) is 5.56 Å². The maximum atomic E-state index is 11.2. The van der Waals surface area contributed by atoms with Gasteiger partial charge in [-0.15, -0.1) is 0 Å². The second-order valence-electron chi connectivity index (χ2n) is 5.71. The number of nitrogens with zero attached hydrogens (tertiary/aromatic N) is 1. The van der Waals surface area contributed by atoms with Crippen molar-refractivity contribution in [3.63, 3.8) is 0 Å². The molecule has 0 fully saturated rings. The summed E-state index contributed by atoms with van der Waals surface area (Å²) in [5, 5.41) is 3.49. The SMILES string of the molecule is CC(CCNc1ccc(C(C)(C)C)cn1)S(C)=O. The van der Waals surface area contributed by atoms with Gasteiger partial charge < -0.3 is 5.32 Å². The molecular weight excluding hydrogens is 244 g/mol. The summed E-state index contributed by atoms with van der Waals surface area (Å²) >= 11 is 0. The molecule has 0 aliphatic heterocycles. The lowest BCUT2D eigenvalue weighted by atomic mass is 9.88. The molecule has 2 atom stereocenters. The van der Waals surface area contributed by atoms with Crippen LogP contribution in [0.25, 0.3) is 0 Å². The molecule has 2 unspecified atom stereocenters. The van der Waals surface area contributed by atoms with Crippen LogP contribution in [0.2, 0.25) is 0 Å². The fourth-order valence-electron chi connectivity index (χ4n) is 1.51. The van der Waals surface area contributed by atoms with Crippen LogP contribution in [0.4, 0.5) is 5.82 Å². The monoisotopic (exact) mass is 268 g/mol. The highest BCUT2D eigenvalue weighted by Crippen LogP contribution is 2.21. The predicted octanol–water partition coefficient (Wildman–Crippen LogP) is 2.95. The fraction of sp³-hybridized carbons (Fsp3) is 0.643. The highest BCUT2D eigenvalue weighted by atomic mass is 32.2. The lowest BCUT2D eigenvalue weighted by molar-refractivity contribution is 0.587. The number of anilines is 1. The third kappa shape index (κ3) is 4.77. The number of nitrogens with one attached hydrogen (secondary N) is 1. The first-order chi connectivity index (χ1) is 8.30. The van der Waals surface area contributed by atoms with Crippen LogP contribution < -0.4 is 5.32 Å². The summed E-state index contributed by atoms with van der Waals surface area (Å²) in [5.74, 6) is 0.886. The van der Waals surface area contributed by atoms with Gasteiger partial charge in [0.25, 0.3) is 0 Å². The Kier molecular flexibility index (Phi) is 5.32. The Balaban J connectivity index is 2.47. The van der Waals surface area contributed by atoms with Crippen molar-refractivity contribution in [2.45, 2.75) is 44.8 Å². The van der Waals surface area contributed by atoms with Crippen LogP contribution in [0.3, 0.4) is 0 Å². The third-order valence-electron chi connectivity index (χ3n) is 3.05. The van der Waals surface area contributed by atoms with Crippen LogP contribution in [0.5, 0.6) is 0 Å². The summed E-state index contributed by atoms with van der Waals surface area (Å²) in [6.07, 6.45) is 4.57. The maximum absolute atomic E-state index is 11.2. The summed E-state index contributed by atoms with van der Waals surface area (Å²) < 4.78 is 11.2. The van der Waals surface area contributed by atoms with Gasteiger partial charge in [-0.1, -0.05) is 33.8 Å². The van der Waals surface area contributed by atoms with Crippen LogP contribution in [0.1, 0.15) is 39.7 Å². The van der Waals surface area contributed by atoms with Crippen LogP contribution in [0, 0.1) is 0 Å². The van der Waals surface area contributed by atoms with E-state index in [0.717, 1.165) is 18.8 Å². The molecule has 0 saturated heterocycles. The van der Waals surface area contributed by atoms with Gasteiger partial charge in [0.05, 0.1) is 0 Å². The standard InChI is InChI=1S/C14H24N2OS/c1-11(18(5)17)8-9-15-13-7-6-12(10-16-13)14(2,3)4/h6-7,10-11H,8-9H2,1-5H3,(H,15,16). The molecule has 3 nitrogen and oxygen atoms in total. The average Bonchev–Trinajstić information content (AvgIpc) is 2.28. The summed E-state index contributed by atoms with van der Waals surface area (Å²) in [6.45, 7) is 9.34. The van der Waals surface area contributed by atoms with Gasteiger partial charge in [-0.3, -0.25) is 4.21 Å². The van der Waals surface area contributed by atoms with Crippen LogP contribution in [-0.2, 0) is 16.2 Å². The minimum Gasteiger partial charge on any atom is -0.370 e. The van der Waals surface area contributed by atoms with E-state index in [1.54, 1.807) is 6.26 Å². The normalized spacial score (nSPS) is 15.2. The zero-order valence-corrected chi connectivity index (χ0v) is 12.8. The molecule has 18 heavy (non-hydrogen) atoms. The molecule has 0 spiro atoms. The van der Waals surface area contributed by atoms with E-state index in [2.05, 4.69) is 37.1 Å². The van der Waals surface area contributed by atoms with Crippen molar-refractivity contribution in [1.82, 2.24) is 4.98 Å². The van der Waals surface area contributed by atoms with E-state index in [9.17, 15) is 4.21 Å². The molecule has 0 aromatic carbocycles. The zero-order chi connectivity index (χ0) is 13.8. The van der Waals surface area contributed by atoms with E-state index in [1.807, 2.05) is 19.2 Å². The first-order valence-corrected chi connectivity index (χ1v) is 7.95. The van der Waals surface area contributed by atoms with Gasteiger partial charge in [-0.2, -0.15) is 0 Å². The van der Waals surface area contributed by atoms with Crippen LogP contribution in [0.15, 0.2) is 18.3 Å². The molecule has 1 aromatic rings. The Labute approximate surface area is 113 Å². The van der Waals surface area contributed by atoms with Gasteiger partial charge >= 0.3 is 0 Å². The second-order valence-corrected chi connectivity index (χ2v) is 7.51. The van der Waals surface area contributed by atoms with Crippen molar-refractivity contribution >= 4 is 16.6 Å². The van der Waals surface area contributed by atoms with Gasteiger partial charge in [0.15, 0.2) is 0 Å². The van der Waals surface area contributed by atoms with Gasteiger partial charge in [0, 0.05) is 35.0 Å². The lowest BCUT2D eigenvalue weighted by Crippen LogP contribution is -2.16. The van der Waals surface area contributed by atoms with Crippen molar-refractivity contribution in [1.29, 1.82) is 0 Å². The number of rotatable bonds is 5. The summed E-state index contributed by atoms with van der Waals surface area (Å²) in [6, 6.07) is 4.12. The van der Waals surface area contributed by atoms with Gasteiger partial charge in [-0.05, 0) is 23.5 Å². The number of hydrogen-bond acceptors (Lipinski definition) is 3. The summed E-state index contributed by atoms with van der Waals surface area (Å²) in [4.78, 5) is 4.40. The Morgan fingerprint density at radius 3 is 2.50 bits per heavy atom. The van der Waals surface area contributed by atoms with Gasteiger partial charge in [-0.25, -0.2) is 4.98 Å². The van der Waals surface area contributed by atoms with Crippen molar-refractivity contribution < 1.29 is 4.21 Å². The molecule has 1 heterocycles. The Morgan fingerprint density at radius 1 is 1.39 bits per heavy atom. The molecule has 1 rings (SSSR count). The molecule has 1 aromatic heterocycles. The molecule has 0 amide bonds. The highest BCUT2D eigenvalue weighted by molar-refractivity contribution is 7.84. The molecule has 0 radical (unpaired) electrons. The van der Waals surface area contributed by atoms with Crippen LogP contribution in [-0.4, -0.2) is 27.2 Å². The minimum absolute atomic E-state index is 0.138. The van der Waals surface area contributed by atoms with Crippen molar-refractivity contribution in [3.8, 4) is 0 Å². The topological polar surface area (TPSA) is 42.0 Å².